The zero-order chi connectivity index (χ0) is 15.6. The van der Waals surface area contributed by atoms with Gasteiger partial charge >= 0.3 is 0 Å². The minimum Gasteiger partial charge on any atom is -0.494 e. The van der Waals surface area contributed by atoms with E-state index in [9.17, 15) is 9.18 Å². The van der Waals surface area contributed by atoms with Gasteiger partial charge in [0.2, 0.25) is 0 Å². The minimum atomic E-state index is -0.346. The Bertz CT molecular complexity index is 528. The Morgan fingerprint density at radius 2 is 2.14 bits per heavy atom. The van der Waals surface area contributed by atoms with E-state index >= 15 is 0 Å². The quantitative estimate of drug-likeness (QED) is 0.834. The van der Waals surface area contributed by atoms with Gasteiger partial charge in [-0.05, 0) is 37.6 Å². The minimum absolute atomic E-state index is 0.105. The molecule has 1 fully saturated rings. The summed E-state index contributed by atoms with van der Waals surface area (Å²) in [6.45, 7) is 5.41. The topological polar surface area (TPSA) is 29.5 Å². The predicted octanol–water partition coefficient (Wildman–Crippen LogP) is 3.27. The van der Waals surface area contributed by atoms with Crippen molar-refractivity contribution < 1.29 is 13.9 Å². The molecule has 0 spiro atoms. The van der Waals surface area contributed by atoms with E-state index in [-0.39, 0.29) is 22.9 Å². The molecule has 4 heteroatoms. The third-order valence-electron chi connectivity index (χ3n) is 4.36. The molecule has 1 unspecified atom stereocenters. The maximum atomic E-state index is 13.7. The van der Waals surface area contributed by atoms with Crippen molar-refractivity contribution in [1.29, 1.82) is 0 Å². The molecule has 2 rings (SSSR count). The summed E-state index contributed by atoms with van der Waals surface area (Å²) in [6, 6.07) is 5.00. The lowest BCUT2D eigenvalue weighted by molar-refractivity contribution is -0.127. The molecule has 116 valence electrons. The third kappa shape index (κ3) is 3.62. The maximum absolute atomic E-state index is 13.7. The van der Waals surface area contributed by atoms with Gasteiger partial charge < -0.3 is 9.64 Å². The highest BCUT2D eigenvalue weighted by molar-refractivity contribution is 5.88. The van der Waals surface area contributed by atoms with Crippen molar-refractivity contribution in [2.45, 2.75) is 33.2 Å². The van der Waals surface area contributed by atoms with Crippen LogP contribution in [0.5, 0.6) is 5.75 Å². The fraction of sp³-hybridized carbons (Fsp3) is 0.588. The molecular weight excluding hydrogens is 269 g/mol. The van der Waals surface area contributed by atoms with Gasteiger partial charge in [0, 0.05) is 24.4 Å². The lowest BCUT2D eigenvalue weighted by Crippen LogP contribution is -2.31. The summed E-state index contributed by atoms with van der Waals surface area (Å²) in [5.74, 6) is 0.374. The first kappa shape index (κ1) is 16.0. The molecule has 0 saturated heterocycles. The van der Waals surface area contributed by atoms with Crippen LogP contribution in [0.1, 0.15) is 32.3 Å². The molecule has 0 radical (unpaired) electrons. The Hall–Kier alpha value is -1.42. The van der Waals surface area contributed by atoms with E-state index in [0.29, 0.717) is 12.3 Å². The third-order valence-corrected chi connectivity index (χ3v) is 4.36. The first-order chi connectivity index (χ1) is 9.83. The lowest BCUT2D eigenvalue weighted by atomic mass is 9.89. The van der Waals surface area contributed by atoms with Gasteiger partial charge in [-0.15, -0.1) is 0 Å². The molecule has 1 aromatic carbocycles. The highest BCUT2D eigenvalue weighted by atomic mass is 19.1. The van der Waals surface area contributed by atoms with Crippen LogP contribution in [-0.2, 0) is 11.3 Å². The predicted molar refractivity (Wildman–Crippen MR) is 80.8 cm³/mol. The highest BCUT2D eigenvalue weighted by Crippen LogP contribution is 2.37. The Morgan fingerprint density at radius 3 is 2.67 bits per heavy atom. The van der Waals surface area contributed by atoms with Crippen molar-refractivity contribution in [1.82, 2.24) is 4.90 Å². The number of Topliss-reactive ketones (excluding diaryl/α,β-unsaturated/α-hetero) is 1. The Morgan fingerprint density at radius 1 is 1.43 bits per heavy atom. The molecule has 3 nitrogen and oxygen atoms in total. The van der Waals surface area contributed by atoms with Gasteiger partial charge in [0.25, 0.3) is 0 Å². The van der Waals surface area contributed by atoms with E-state index in [2.05, 4.69) is 4.90 Å². The van der Waals surface area contributed by atoms with Gasteiger partial charge in [0.05, 0.1) is 7.11 Å². The zero-order valence-corrected chi connectivity index (χ0v) is 13.3. The van der Waals surface area contributed by atoms with Gasteiger partial charge in [-0.2, -0.15) is 0 Å². The molecule has 0 bridgehead atoms. The summed E-state index contributed by atoms with van der Waals surface area (Å²) in [7, 11) is 3.43. The fourth-order valence-electron chi connectivity index (χ4n) is 3.08. The first-order valence-electron chi connectivity index (χ1n) is 7.39. The number of methoxy groups -OCH3 is 1. The second-order valence-electron chi connectivity index (χ2n) is 6.65. The number of benzene rings is 1. The molecule has 0 heterocycles. The molecular formula is C17H24FNO2. The van der Waals surface area contributed by atoms with Crippen LogP contribution in [0.25, 0.3) is 0 Å². The highest BCUT2D eigenvalue weighted by Gasteiger charge is 2.40. The van der Waals surface area contributed by atoms with Gasteiger partial charge in [-0.1, -0.05) is 19.9 Å². The number of ether oxygens (including phenoxy) is 1. The molecule has 1 aliphatic rings. The average molecular weight is 293 g/mol. The van der Waals surface area contributed by atoms with Crippen LogP contribution in [0.15, 0.2) is 18.2 Å². The van der Waals surface area contributed by atoms with E-state index in [4.69, 9.17) is 4.74 Å². The number of hydrogen-bond acceptors (Lipinski definition) is 3. The number of carbonyl (C=O) groups excluding carboxylic acids is 1. The van der Waals surface area contributed by atoms with Crippen LogP contribution >= 0.6 is 0 Å². The number of rotatable bonds is 5. The van der Waals surface area contributed by atoms with Crippen LogP contribution in [0.3, 0.4) is 0 Å². The van der Waals surface area contributed by atoms with Crippen LogP contribution < -0.4 is 4.74 Å². The monoisotopic (exact) mass is 293 g/mol. The van der Waals surface area contributed by atoms with Gasteiger partial charge in [0.15, 0.2) is 11.6 Å². The number of hydrogen-bond donors (Lipinski definition) is 0. The Labute approximate surface area is 126 Å². The van der Waals surface area contributed by atoms with Crippen molar-refractivity contribution in [3.05, 3.63) is 29.6 Å². The number of nitrogens with zero attached hydrogens (tertiary/aromatic N) is 1. The number of ketones is 1. The second kappa shape index (κ2) is 6.14. The summed E-state index contributed by atoms with van der Waals surface area (Å²) >= 11 is 0. The maximum Gasteiger partial charge on any atom is 0.165 e. The van der Waals surface area contributed by atoms with Crippen LogP contribution in [-0.4, -0.2) is 31.4 Å². The smallest absolute Gasteiger partial charge is 0.165 e. The summed E-state index contributed by atoms with van der Waals surface area (Å²) in [4.78, 5) is 14.3. The Balaban J connectivity index is 1.95. The van der Waals surface area contributed by atoms with Crippen LogP contribution in [0.4, 0.5) is 4.39 Å². The van der Waals surface area contributed by atoms with Crippen molar-refractivity contribution >= 4 is 5.78 Å². The SMILES string of the molecule is COc1ccc(CN(C)CC2CCC(C)(C)C2=O)cc1F. The molecule has 0 aliphatic heterocycles. The van der Waals surface area contributed by atoms with E-state index in [1.54, 1.807) is 6.07 Å². The molecule has 0 amide bonds. The second-order valence-corrected chi connectivity index (χ2v) is 6.65. The van der Waals surface area contributed by atoms with Gasteiger partial charge in [-0.3, -0.25) is 4.79 Å². The van der Waals surface area contributed by atoms with Crippen molar-refractivity contribution in [2.24, 2.45) is 11.3 Å². The van der Waals surface area contributed by atoms with Gasteiger partial charge in [-0.25, -0.2) is 4.39 Å². The molecule has 0 N–H and O–H groups in total. The standard InChI is InChI=1S/C17H24FNO2/c1-17(2)8-7-13(16(17)20)11-19(3)10-12-5-6-15(21-4)14(18)9-12/h5-6,9,13H,7-8,10-11H2,1-4H3. The lowest BCUT2D eigenvalue weighted by Gasteiger charge is -2.22. The molecule has 1 aromatic rings. The normalized spacial score (nSPS) is 21.0. The van der Waals surface area contributed by atoms with Crippen molar-refractivity contribution in [3.63, 3.8) is 0 Å². The molecule has 0 aromatic heterocycles. The van der Waals surface area contributed by atoms with Crippen LogP contribution in [0, 0.1) is 17.2 Å². The Kier molecular flexibility index (Phi) is 4.67. The molecule has 1 saturated carbocycles. The molecule has 1 aliphatic carbocycles. The largest absolute Gasteiger partial charge is 0.494 e. The fourth-order valence-corrected chi connectivity index (χ4v) is 3.08. The van der Waals surface area contributed by atoms with E-state index in [0.717, 1.165) is 24.9 Å². The summed E-state index contributed by atoms with van der Waals surface area (Å²) in [5.41, 5.74) is 0.707. The van der Waals surface area contributed by atoms with E-state index in [1.165, 1.54) is 13.2 Å². The first-order valence-corrected chi connectivity index (χ1v) is 7.39. The zero-order valence-electron chi connectivity index (χ0n) is 13.3. The van der Waals surface area contributed by atoms with Crippen molar-refractivity contribution in [3.8, 4) is 5.75 Å². The molecule has 21 heavy (non-hydrogen) atoms. The van der Waals surface area contributed by atoms with Crippen LogP contribution in [0.2, 0.25) is 0 Å². The molecule has 1 atom stereocenters. The average Bonchev–Trinajstić information content (AvgIpc) is 2.66. The number of carbonyl (C=O) groups is 1. The summed E-state index contributed by atoms with van der Waals surface area (Å²) < 4.78 is 18.6. The number of halogens is 1. The van der Waals surface area contributed by atoms with E-state index in [1.807, 2.05) is 27.0 Å². The summed E-state index contributed by atoms with van der Waals surface area (Å²) in [5, 5.41) is 0. The van der Waals surface area contributed by atoms with Crippen molar-refractivity contribution in [2.75, 3.05) is 20.7 Å². The van der Waals surface area contributed by atoms with Gasteiger partial charge in [0.1, 0.15) is 5.78 Å². The summed E-state index contributed by atoms with van der Waals surface area (Å²) in [6.07, 6.45) is 1.91. The van der Waals surface area contributed by atoms with E-state index < -0.39 is 0 Å².